The predicted molar refractivity (Wildman–Crippen MR) is 132 cm³/mol. The molecule has 4 bridgehead atoms. The second-order valence-corrected chi connectivity index (χ2v) is 13.3. The van der Waals surface area contributed by atoms with E-state index in [0.29, 0.717) is 31.2 Å². The van der Waals surface area contributed by atoms with Crippen molar-refractivity contribution in [1.29, 1.82) is 0 Å². The van der Waals surface area contributed by atoms with Crippen LogP contribution in [0.15, 0.2) is 0 Å². The Morgan fingerprint density at radius 2 is 2.03 bits per heavy atom. The lowest BCUT2D eigenvalue weighted by Crippen LogP contribution is -2.59. The molecule has 0 aromatic carbocycles. The van der Waals surface area contributed by atoms with E-state index < -0.39 is 29.1 Å². The average molecular weight is 497 g/mol. The molecule has 7 nitrogen and oxygen atoms in total. The fraction of sp³-hybridized carbons (Fsp3) is 0.828. The van der Waals surface area contributed by atoms with Gasteiger partial charge in [-0.15, -0.1) is 12.3 Å². The Morgan fingerprint density at radius 3 is 2.69 bits per heavy atom. The summed E-state index contributed by atoms with van der Waals surface area (Å²) < 4.78 is 6.18. The van der Waals surface area contributed by atoms with E-state index in [2.05, 4.69) is 23.1 Å². The van der Waals surface area contributed by atoms with Crippen LogP contribution in [0.3, 0.4) is 0 Å². The summed E-state index contributed by atoms with van der Waals surface area (Å²) in [5.41, 5.74) is -1.37. The van der Waals surface area contributed by atoms with Crippen LogP contribution in [0.2, 0.25) is 0 Å². The van der Waals surface area contributed by atoms with Crippen LogP contribution in [0.4, 0.5) is 4.79 Å². The van der Waals surface area contributed by atoms with Gasteiger partial charge in [0.1, 0.15) is 11.9 Å². The van der Waals surface area contributed by atoms with Gasteiger partial charge in [0.2, 0.25) is 5.91 Å². The number of amides is 2. The lowest BCUT2D eigenvalue weighted by atomic mass is 9.49. The molecule has 0 aromatic heterocycles. The maximum absolute atomic E-state index is 13.4. The summed E-state index contributed by atoms with van der Waals surface area (Å²) in [6.07, 6.45) is 9.35. The third kappa shape index (κ3) is 3.16. The lowest BCUT2D eigenvalue weighted by Gasteiger charge is -2.57. The maximum atomic E-state index is 13.4. The molecule has 4 aliphatic carbocycles. The van der Waals surface area contributed by atoms with Crippen molar-refractivity contribution in [3.63, 3.8) is 0 Å². The van der Waals surface area contributed by atoms with Crippen molar-refractivity contribution >= 4 is 17.8 Å². The molecular weight excluding hydrogens is 456 g/mol. The first-order chi connectivity index (χ1) is 17.1. The van der Waals surface area contributed by atoms with Crippen LogP contribution in [-0.4, -0.2) is 59.6 Å². The third-order valence-electron chi connectivity index (χ3n) is 12.1. The highest BCUT2D eigenvalue weighted by Crippen LogP contribution is 2.77. The van der Waals surface area contributed by atoms with Gasteiger partial charge in [-0.1, -0.05) is 20.8 Å². The molecule has 12 atom stereocenters. The Kier molecular flexibility index (Phi) is 5.46. The number of carbonyl (C=O) groups is 3. The zero-order chi connectivity index (χ0) is 25.6. The van der Waals surface area contributed by atoms with Crippen LogP contribution < -0.4 is 5.32 Å². The molecule has 0 aromatic rings. The summed E-state index contributed by atoms with van der Waals surface area (Å²) >= 11 is 0. The number of nitrogens with one attached hydrogen (secondary N) is 1. The fourth-order valence-corrected chi connectivity index (χ4v) is 9.71. The summed E-state index contributed by atoms with van der Waals surface area (Å²) in [4.78, 5) is 41.9. The number of hydrogen-bond acceptors (Lipinski definition) is 6. The first-order valence-electron chi connectivity index (χ1n) is 14.0. The van der Waals surface area contributed by atoms with Crippen molar-refractivity contribution in [2.75, 3.05) is 19.6 Å². The van der Waals surface area contributed by atoms with Crippen LogP contribution in [0.1, 0.15) is 65.7 Å². The van der Waals surface area contributed by atoms with Gasteiger partial charge in [0.05, 0.1) is 12.0 Å². The quantitative estimate of drug-likeness (QED) is 0.584. The summed E-state index contributed by atoms with van der Waals surface area (Å²) in [6.45, 7) is 8.71. The minimum atomic E-state index is -0.719. The van der Waals surface area contributed by atoms with Gasteiger partial charge >= 0.3 is 6.09 Å². The summed E-state index contributed by atoms with van der Waals surface area (Å²) in [6, 6.07) is 0. The van der Waals surface area contributed by atoms with Crippen molar-refractivity contribution in [3.8, 4) is 12.3 Å². The number of Topliss-reactive ketones (excluding diaryl/α,β-unsaturated/α-hetero) is 1. The van der Waals surface area contributed by atoms with Crippen LogP contribution in [0.25, 0.3) is 0 Å². The van der Waals surface area contributed by atoms with Crippen LogP contribution in [0, 0.1) is 64.1 Å². The molecular formula is C29H40N2O5. The number of fused-ring (bicyclic) bond motifs is 2. The van der Waals surface area contributed by atoms with Gasteiger partial charge in [-0.25, -0.2) is 4.79 Å². The molecule has 7 heteroatoms. The molecule has 6 aliphatic rings. The number of carbonyl (C=O) groups excluding carboxylic acids is 3. The zero-order valence-corrected chi connectivity index (χ0v) is 21.8. The van der Waals surface area contributed by atoms with Gasteiger partial charge in [-0.3, -0.25) is 14.9 Å². The maximum Gasteiger partial charge on any atom is 0.414 e. The number of aliphatic hydroxyl groups is 1. The van der Waals surface area contributed by atoms with Crippen molar-refractivity contribution in [3.05, 3.63) is 0 Å². The number of aliphatic hydroxyl groups excluding tert-OH is 1. The van der Waals surface area contributed by atoms with E-state index in [4.69, 9.17) is 11.2 Å². The Labute approximate surface area is 214 Å². The standard InChI is InChI=1S/C29H40N2O5/c1-5-16(2)27(4)13-22(36-26(35)30-25(34)20-15-31-11-8-18(20)14-31)29-12-19(29)6-9-28(17(3)24(27)33)10-7-21(32)23(28)29/h1,16-20,22-24,33H,6-15H2,2-4H3,(H,30,34,35)/t16?,17-,18+,19-,20-,22+,23?,24-,27-,28?,29-/m0/s1. The minimum absolute atomic E-state index is 0.0719. The molecule has 4 saturated carbocycles. The highest BCUT2D eigenvalue weighted by atomic mass is 16.6. The number of alkyl carbamates (subject to hydrolysis) is 1. The highest BCUT2D eigenvalue weighted by Gasteiger charge is 2.77. The lowest BCUT2D eigenvalue weighted by molar-refractivity contribution is -0.169. The van der Waals surface area contributed by atoms with Gasteiger partial charge in [0.15, 0.2) is 0 Å². The van der Waals surface area contributed by atoms with Crippen LogP contribution >= 0.6 is 0 Å². The van der Waals surface area contributed by atoms with Gasteiger partial charge in [-0.05, 0) is 68.2 Å². The van der Waals surface area contributed by atoms with Crippen molar-refractivity contribution in [1.82, 2.24) is 10.2 Å². The number of terminal acetylenes is 1. The van der Waals surface area contributed by atoms with Gasteiger partial charge in [0, 0.05) is 42.2 Å². The molecule has 36 heavy (non-hydrogen) atoms. The molecule has 2 N–H and O–H groups in total. The van der Waals surface area contributed by atoms with E-state index >= 15 is 0 Å². The van der Waals surface area contributed by atoms with Crippen molar-refractivity contribution in [2.24, 2.45) is 51.8 Å². The fourth-order valence-electron chi connectivity index (χ4n) is 9.71. The minimum Gasteiger partial charge on any atom is -0.445 e. The Morgan fingerprint density at radius 1 is 1.25 bits per heavy atom. The number of hydrogen-bond donors (Lipinski definition) is 2. The second-order valence-electron chi connectivity index (χ2n) is 13.3. The van der Waals surface area contributed by atoms with Crippen molar-refractivity contribution < 1.29 is 24.2 Å². The van der Waals surface area contributed by atoms with E-state index in [1.807, 2.05) is 13.8 Å². The average Bonchev–Trinajstić information content (AvgIpc) is 3.14. The third-order valence-corrected chi connectivity index (χ3v) is 12.1. The molecule has 6 fully saturated rings. The first kappa shape index (κ1) is 24.4. The van der Waals surface area contributed by atoms with Crippen molar-refractivity contribution in [2.45, 2.75) is 77.9 Å². The monoisotopic (exact) mass is 496 g/mol. The van der Waals surface area contributed by atoms with E-state index in [0.717, 1.165) is 45.2 Å². The number of rotatable bonds is 3. The summed E-state index contributed by atoms with van der Waals surface area (Å²) in [5.74, 6) is 2.79. The van der Waals surface area contributed by atoms with Crippen LogP contribution in [-0.2, 0) is 14.3 Å². The normalized spacial score (nSPS) is 51.2. The number of ketones is 1. The van der Waals surface area contributed by atoms with Crippen LogP contribution in [0.5, 0.6) is 0 Å². The molecule has 2 amide bonds. The van der Waals surface area contributed by atoms with Gasteiger partial charge in [-0.2, -0.15) is 0 Å². The van der Waals surface area contributed by atoms with E-state index in [9.17, 15) is 19.5 Å². The SMILES string of the molecule is C#CC(C)[C@]1(C)C[C@@H](OC(=O)NC(=O)[C@H]2CN3CC[C@@H]2C3)[C@]23C[C@@H]2CCC2(CCC(=O)C23)[C@@H](C)[C@@H]1O. The molecule has 1 spiro atoms. The van der Waals surface area contributed by atoms with E-state index in [1.165, 1.54) is 0 Å². The number of piperidine rings is 1. The zero-order valence-electron chi connectivity index (χ0n) is 21.8. The first-order valence-corrected chi connectivity index (χ1v) is 14.0. The largest absolute Gasteiger partial charge is 0.445 e. The highest BCUT2D eigenvalue weighted by molar-refractivity contribution is 5.93. The Bertz CT molecular complexity index is 1040. The molecule has 196 valence electrons. The second kappa shape index (κ2) is 8.04. The van der Waals surface area contributed by atoms with Gasteiger partial charge in [0.25, 0.3) is 0 Å². The summed E-state index contributed by atoms with van der Waals surface area (Å²) in [7, 11) is 0. The molecule has 4 unspecified atom stereocenters. The van der Waals surface area contributed by atoms with E-state index in [1.54, 1.807) is 0 Å². The molecule has 2 heterocycles. The Hall–Kier alpha value is -1.91. The number of nitrogens with zero attached hydrogens (tertiary/aromatic N) is 1. The molecule has 0 radical (unpaired) electrons. The van der Waals surface area contributed by atoms with E-state index in [-0.39, 0.29) is 40.8 Å². The Balaban J connectivity index is 1.32. The molecule has 2 aliphatic heterocycles. The number of ether oxygens (including phenoxy) is 1. The number of imide groups is 1. The topological polar surface area (TPSA) is 95.9 Å². The molecule has 6 rings (SSSR count). The predicted octanol–water partition coefficient (Wildman–Crippen LogP) is 3.00. The smallest absolute Gasteiger partial charge is 0.414 e. The molecule has 2 saturated heterocycles. The summed E-state index contributed by atoms with van der Waals surface area (Å²) in [5, 5.41) is 14.4. The van der Waals surface area contributed by atoms with Gasteiger partial charge < -0.3 is 14.7 Å².